The molecular weight excluding hydrogens is 242 g/mol. The van der Waals surface area contributed by atoms with Gasteiger partial charge in [0, 0.05) is 6.54 Å². The molecule has 1 aliphatic heterocycles. The maximum Gasteiger partial charge on any atom is 0.000937 e. The number of hydrogen-bond acceptors (Lipinski definition) is 1. The van der Waals surface area contributed by atoms with Gasteiger partial charge in [0.05, 0.1) is 0 Å². The average molecular weight is 277 g/mol. The van der Waals surface area contributed by atoms with Crippen molar-refractivity contribution < 1.29 is 0 Å². The Hall–Kier alpha value is -0.0400. The molecule has 1 nitrogen and oxygen atoms in total. The Balaban J connectivity index is 1.51. The molecule has 0 N–H and O–H groups in total. The molecule has 6 unspecified atom stereocenters. The van der Waals surface area contributed by atoms with Crippen LogP contribution < -0.4 is 0 Å². The van der Waals surface area contributed by atoms with Gasteiger partial charge in [-0.3, -0.25) is 0 Å². The number of fused-ring (bicyclic) bond motifs is 1. The predicted octanol–water partition coefficient (Wildman–Crippen LogP) is 4.82. The van der Waals surface area contributed by atoms with Crippen LogP contribution in [0.2, 0.25) is 0 Å². The summed E-state index contributed by atoms with van der Waals surface area (Å²) in [6, 6.07) is 0. The Morgan fingerprint density at radius 2 is 1.75 bits per heavy atom. The van der Waals surface area contributed by atoms with Crippen LogP contribution in [0.5, 0.6) is 0 Å². The maximum absolute atomic E-state index is 2.58. The summed E-state index contributed by atoms with van der Waals surface area (Å²) < 4.78 is 0. The van der Waals surface area contributed by atoms with E-state index in [0.29, 0.717) is 0 Å². The van der Waals surface area contributed by atoms with E-state index in [1.54, 1.807) is 25.7 Å². The second-order valence-corrected chi connectivity index (χ2v) is 8.64. The minimum Gasteiger partial charge on any atom is -0.306 e. The monoisotopic (exact) mass is 277 g/mol. The highest BCUT2D eigenvalue weighted by molar-refractivity contribution is 4.87. The first kappa shape index (κ1) is 14.9. The van der Waals surface area contributed by atoms with Gasteiger partial charge in [-0.2, -0.15) is 0 Å². The Bertz CT molecular complexity index is 313. The van der Waals surface area contributed by atoms with E-state index >= 15 is 0 Å². The minimum absolute atomic E-state index is 0.990. The number of piperidine rings is 1. The van der Waals surface area contributed by atoms with Crippen molar-refractivity contribution in [2.24, 2.45) is 35.5 Å². The highest BCUT2D eigenvalue weighted by Crippen LogP contribution is 2.44. The van der Waals surface area contributed by atoms with Crippen LogP contribution in [0.4, 0.5) is 0 Å². The van der Waals surface area contributed by atoms with Crippen molar-refractivity contribution in [1.82, 2.24) is 4.90 Å². The zero-order valence-corrected chi connectivity index (χ0v) is 14.0. The lowest BCUT2D eigenvalue weighted by atomic mass is 9.66. The molecule has 3 aliphatic rings. The molecule has 0 radical (unpaired) electrons. The fourth-order valence-electron chi connectivity index (χ4n) is 5.63. The van der Waals surface area contributed by atoms with Gasteiger partial charge in [-0.05, 0) is 87.6 Å². The molecule has 0 aromatic heterocycles. The summed E-state index contributed by atoms with van der Waals surface area (Å²) in [7, 11) is 2.32. The van der Waals surface area contributed by atoms with Gasteiger partial charge < -0.3 is 4.90 Å². The van der Waals surface area contributed by atoms with Gasteiger partial charge in [-0.1, -0.05) is 26.7 Å². The number of hydrogen-bond donors (Lipinski definition) is 0. The predicted molar refractivity (Wildman–Crippen MR) is 86.7 cm³/mol. The molecule has 2 aliphatic carbocycles. The van der Waals surface area contributed by atoms with Crippen LogP contribution in [-0.4, -0.2) is 25.0 Å². The van der Waals surface area contributed by atoms with E-state index in [1.165, 1.54) is 38.8 Å². The van der Waals surface area contributed by atoms with Crippen LogP contribution >= 0.6 is 0 Å². The summed E-state index contributed by atoms with van der Waals surface area (Å²) in [5.41, 5.74) is 0. The highest BCUT2D eigenvalue weighted by Gasteiger charge is 2.35. The van der Waals surface area contributed by atoms with E-state index in [-0.39, 0.29) is 0 Å². The van der Waals surface area contributed by atoms with E-state index in [9.17, 15) is 0 Å². The van der Waals surface area contributed by atoms with Crippen molar-refractivity contribution in [3.8, 4) is 0 Å². The third kappa shape index (κ3) is 3.40. The molecule has 0 aromatic carbocycles. The van der Waals surface area contributed by atoms with E-state index < -0.39 is 0 Å². The molecule has 1 saturated heterocycles. The smallest absolute Gasteiger partial charge is 0.000937 e. The van der Waals surface area contributed by atoms with Crippen molar-refractivity contribution >= 4 is 0 Å². The van der Waals surface area contributed by atoms with Crippen LogP contribution in [0.25, 0.3) is 0 Å². The van der Waals surface area contributed by atoms with Crippen LogP contribution in [0.1, 0.15) is 65.2 Å². The van der Waals surface area contributed by atoms with Crippen molar-refractivity contribution in [3.05, 3.63) is 0 Å². The van der Waals surface area contributed by atoms with Crippen LogP contribution in [0.3, 0.4) is 0 Å². The van der Waals surface area contributed by atoms with Gasteiger partial charge in [0.25, 0.3) is 0 Å². The third-order valence-electron chi connectivity index (χ3n) is 6.92. The van der Waals surface area contributed by atoms with Crippen molar-refractivity contribution in [3.63, 3.8) is 0 Å². The van der Waals surface area contributed by atoms with E-state index in [1.807, 2.05) is 0 Å². The second kappa shape index (κ2) is 6.38. The average Bonchev–Trinajstić information content (AvgIpc) is 2.41. The molecule has 0 bridgehead atoms. The standard InChI is InChI=1S/C19H35N/c1-14-4-6-18(15(2)10-14)11-16-5-7-17-8-9-20(3)13-19(17)12-16/h14-19H,4-13H2,1-3H3. The minimum atomic E-state index is 0.990. The Kier molecular flexibility index (Phi) is 4.75. The Morgan fingerprint density at radius 1 is 0.900 bits per heavy atom. The third-order valence-corrected chi connectivity index (χ3v) is 6.92. The first-order chi connectivity index (χ1) is 9.61. The van der Waals surface area contributed by atoms with Gasteiger partial charge in [-0.15, -0.1) is 0 Å². The van der Waals surface area contributed by atoms with E-state index in [4.69, 9.17) is 0 Å². The molecule has 3 fully saturated rings. The highest BCUT2D eigenvalue weighted by atomic mass is 15.1. The van der Waals surface area contributed by atoms with E-state index in [0.717, 1.165) is 35.5 Å². The zero-order valence-electron chi connectivity index (χ0n) is 14.0. The van der Waals surface area contributed by atoms with E-state index in [2.05, 4.69) is 25.8 Å². The number of rotatable bonds is 2. The summed E-state index contributed by atoms with van der Waals surface area (Å²) in [4.78, 5) is 2.58. The van der Waals surface area contributed by atoms with Crippen LogP contribution in [0, 0.1) is 35.5 Å². The second-order valence-electron chi connectivity index (χ2n) is 8.64. The lowest BCUT2D eigenvalue weighted by Crippen LogP contribution is -2.41. The van der Waals surface area contributed by atoms with Crippen molar-refractivity contribution in [2.75, 3.05) is 20.1 Å². The summed E-state index contributed by atoms with van der Waals surface area (Å²) in [5.74, 6) is 6.20. The van der Waals surface area contributed by atoms with Gasteiger partial charge in [0.2, 0.25) is 0 Å². The first-order valence-electron chi connectivity index (χ1n) is 9.30. The Labute approximate surface area is 126 Å². The lowest BCUT2D eigenvalue weighted by Gasteiger charge is -2.44. The molecule has 0 aromatic rings. The van der Waals surface area contributed by atoms with Crippen LogP contribution in [-0.2, 0) is 0 Å². The zero-order chi connectivity index (χ0) is 14.1. The molecule has 1 heterocycles. The molecule has 0 amide bonds. The maximum atomic E-state index is 2.58. The molecule has 1 heteroatoms. The lowest BCUT2D eigenvalue weighted by molar-refractivity contribution is 0.0620. The Morgan fingerprint density at radius 3 is 2.55 bits per heavy atom. The number of likely N-dealkylation sites (tertiary alicyclic amines) is 1. The molecule has 2 saturated carbocycles. The molecule has 3 rings (SSSR count). The molecule has 20 heavy (non-hydrogen) atoms. The molecule has 6 atom stereocenters. The summed E-state index contributed by atoms with van der Waals surface area (Å²) >= 11 is 0. The van der Waals surface area contributed by atoms with Gasteiger partial charge in [0.15, 0.2) is 0 Å². The summed E-state index contributed by atoms with van der Waals surface area (Å²) in [5, 5.41) is 0. The molecule has 0 spiro atoms. The van der Waals surface area contributed by atoms with Gasteiger partial charge >= 0.3 is 0 Å². The SMILES string of the molecule is CC1CCC(CC2CCC3CCN(C)CC3C2)C(C)C1. The van der Waals surface area contributed by atoms with Crippen LogP contribution in [0.15, 0.2) is 0 Å². The fourth-order valence-corrected chi connectivity index (χ4v) is 5.63. The quantitative estimate of drug-likeness (QED) is 0.699. The molecule has 116 valence electrons. The largest absolute Gasteiger partial charge is 0.306 e. The van der Waals surface area contributed by atoms with Crippen molar-refractivity contribution in [2.45, 2.75) is 65.2 Å². The first-order valence-corrected chi connectivity index (χ1v) is 9.30. The fraction of sp³-hybridized carbons (Fsp3) is 1.00. The normalized spacial score (nSPS) is 47.0. The van der Waals surface area contributed by atoms with Gasteiger partial charge in [-0.25, -0.2) is 0 Å². The summed E-state index contributed by atoms with van der Waals surface area (Å²) in [6.07, 6.45) is 12.2. The van der Waals surface area contributed by atoms with Crippen molar-refractivity contribution in [1.29, 1.82) is 0 Å². The molecular formula is C19H35N. The summed E-state index contributed by atoms with van der Waals surface area (Å²) in [6.45, 7) is 7.72. The van der Waals surface area contributed by atoms with Gasteiger partial charge in [0.1, 0.15) is 0 Å². The number of nitrogens with zero attached hydrogens (tertiary/aromatic N) is 1. The topological polar surface area (TPSA) is 3.24 Å².